The van der Waals surface area contributed by atoms with E-state index >= 15 is 0 Å². The van der Waals surface area contributed by atoms with Gasteiger partial charge in [0.2, 0.25) is 0 Å². The number of nitrogen functional groups attached to an aromatic ring is 1. The number of benzene rings is 2. The van der Waals surface area contributed by atoms with Crippen LogP contribution < -0.4 is 11.3 Å². The number of nitrogens with zero attached hydrogens (tertiary/aromatic N) is 2. The molecule has 2 N–H and O–H groups in total. The number of nitriles is 1. The maximum absolute atomic E-state index is 12.5. The van der Waals surface area contributed by atoms with Crippen LogP contribution in [0.15, 0.2) is 65.5 Å². The average molecular weight is 322 g/mol. The van der Waals surface area contributed by atoms with Gasteiger partial charge in [0.1, 0.15) is 17.5 Å². The summed E-state index contributed by atoms with van der Waals surface area (Å²) in [6.07, 6.45) is 0. The van der Waals surface area contributed by atoms with Crippen LogP contribution in [0.4, 0.5) is 5.82 Å². The molecule has 0 fully saturated rings. The van der Waals surface area contributed by atoms with Crippen LogP contribution in [0.3, 0.4) is 0 Å². The first-order valence-electron chi connectivity index (χ1n) is 6.89. The lowest BCUT2D eigenvalue weighted by Gasteiger charge is -2.14. The van der Waals surface area contributed by atoms with E-state index in [1.54, 1.807) is 48.5 Å². The number of nitrogens with two attached hydrogens (primary N) is 1. The largest absolute Gasteiger partial charge is 0.384 e. The summed E-state index contributed by atoms with van der Waals surface area (Å²) in [4.78, 5) is 12.5. The molecule has 0 amide bonds. The summed E-state index contributed by atoms with van der Waals surface area (Å²) in [5.41, 5.74) is 7.91. The quantitative estimate of drug-likeness (QED) is 0.783. The van der Waals surface area contributed by atoms with Crippen molar-refractivity contribution >= 4 is 17.4 Å². The molecule has 0 unspecified atom stereocenters. The molecule has 0 aliphatic rings. The highest BCUT2D eigenvalue weighted by atomic mass is 35.5. The molecule has 23 heavy (non-hydrogen) atoms. The van der Waals surface area contributed by atoms with Gasteiger partial charge in [-0.1, -0.05) is 41.9 Å². The molecule has 0 radical (unpaired) electrons. The Labute approximate surface area is 138 Å². The van der Waals surface area contributed by atoms with Gasteiger partial charge in [0.05, 0.1) is 5.69 Å². The molecule has 4 nitrogen and oxygen atoms in total. The Morgan fingerprint density at radius 1 is 1.04 bits per heavy atom. The summed E-state index contributed by atoms with van der Waals surface area (Å²) in [6, 6.07) is 19.4. The van der Waals surface area contributed by atoms with Crippen LogP contribution in [0.2, 0.25) is 5.02 Å². The molecule has 5 heteroatoms. The maximum Gasteiger partial charge on any atom is 0.257 e. The predicted octanol–water partition coefficient (Wildman–Crippen LogP) is 3.61. The van der Waals surface area contributed by atoms with Gasteiger partial charge in [-0.05, 0) is 29.8 Å². The zero-order valence-corrected chi connectivity index (χ0v) is 12.8. The highest BCUT2D eigenvalue weighted by Crippen LogP contribution is 2.28. The van der Waals surface area contributed by atoms with Crippen molar-refractivity contribution in [3.05, 3.63) is 81.6 Å². The second kappa shape index (κ2) is 5.99. The minimum absolute atomic E-state index is 0.121. The summed E-state index contributed by atoms with van der Waals surface area (Å²) in [6.45, 7) is 0. The molecule has 0 spiro atoms. The van der Waals surface area contributed by atoms with Gasteiger partial charge in [-0.3, -0.25) is 9.36 Å². The van der Waals surface area contributed by atoms with Crippen LogP contribution in [0.5, 0.6) is 0 Å². The molecule has 1 heterocycles. The third-order valence-corrected chi connectivity index (χ3v) is 3.79. The van der Waals surface area contributed by atoms with Crippen molar-refractivity contribution in [2.75, 3.05) is 5.73 Å². The van der Waals surface area contributed by atoms with E-state index in [-0.39, 0.29) is 16.9 Å². The molecular formula is C18H12ClN3O. The molecule has 0 atom stereocenters. The van der Waals surface area contributed by atoms with E-state index in [2.05, 4.69) is 6.07 Å². The lowest BCUT2D eigenvalue weighted by Crippen LogP contribution is -2.22. The number of hydrogen-bond acceptors (Lipinski definition) is 3. The van der Waals surface area contributed by atoms with Crippen molar-refractivity contribution < 1.29 is 0 Å². The Bertz CT molecular complexity index is 955. The second-order valence-corrected chi connectivity index (χ2v) is 5.38. The lowest BCUT2D eigenvalue weighted by molar-refractivity contribution is 1.00. The average Bonchev–Trinajstić information content (AvgIpc) is 2.56. The van der Waals surface area contributed by atoms with Gasteiger partial charge in [-0.2, -0.15) is 5.26 Å². The number of para-hydroxylation sites is 1. The number of halogens is 1. The molecule has 1 aromatic heterocycles. The van der Waals surface area contributed by atoms with Crippen LogP contribution in [0.1, 0.15) is 5.56 Å². The van der Waals surface area contributed by atoms with Gasteiger partial charge >= 0.3 is 0 Å². The van der Waals surface area contributed by atoms with Gasteiger partial charge in [0, 0.05) is 16.7 Å². The predicted molar refractivity (Wildman–Crippen MR) is 91.6 cm³/mol. The van der Waals surface area contributed by atoms with Gasteiger partial charge in [0.25, 0.3) is 5.56 Å². The van der Waals surface area contributed by atoms with Gasteiger partial charge in [-0.25, -0.2) is 0 Å². The highest BCUT2D eigenvalue weighted by Gasteiger charge is 2.15. The fraction of sp³-hybridized carbons (Fsp3) is 0. The SMILES string of the molecule is N#Cc1c(-c2ccc(Cl)cc2)cc(=O)n(-c2ccccc2)c1N. The molecule has 0 aliphatic carbocycles. The third kappa shape index (κ3) is 2.70. The topological polar surface area (TPSA) is 71.8 Å². The van der Waals surface area contributed by atoms with Crippen LogP contribution in [0.25, 0.3) is 16.8 Å². The molecule has 3 aromatic rings. The fourth-order valence-electron chi connectivity index (χ4n) is 2.45. The molecule has 112 valence electrons. The van der Waals surface area contributed by atoms with E-state index < -0.39 is 0 Å². The first kappa shape index (κ1) is 14.9. The first-order chi connectivity index (χ1) is 11.1. The Balaban J connectivity index is 2.28. The molecule has 0 saturated heterocycles. The maximum atomic E-state index is 12.5. The van der Waals surface area contributed by atoms with Gasteiger partial charge in [0.15, 0.2) is 0 Å². The molecule has 0 saturated carbocycles. The summed E-state index contributed by atoms with van der Waals surface area (Å²) in [5, 5.41) is 10.1. The minimum Gasteiger partial charge on any atom is -0.384 e. The summed E-state index contributed by atoms with van der Waals surface area (Å²) < 4.78 is 1.33. The summed E-state index contributed by atoms with van der Waals surface area (Å²) in [7, 11) is 0. The van der Waals surface area contributed by atoms with Crippen molar-refractivity contribution in [3.63, 3.8) is 0 Å². The van der Waals surface area contributed by atoms with E-state index in [9.17, 15) is 10.1 Å². The third-order valence-electron chi connectivity index (χ3n) is 3.54. The Morgan fingerprint density at radius 3 is 2.30 bits per heavy atom. The Morgan fingerprint density at radius 2 is 1.70 bits per heavy atom. The zero-order valence-electron chi connectivity index (χ0n) is 12.0. The Kier molecular flexibility index (Phi) is 3.88. The smallest absolute Gasteiger partial charge is 0.257 e. The zero-order chi connectivity index (χ0) is 16.4. The number of rotatable bonds is 2. The molecule has 0 bridgehead atoms. The summed E-state index contributed by atoms with van der Waals surface area (Å²) in [5.74, 6) is 0.121. The number of anilines is 1. The first-order valence-corrected chi connectivity index (χ1v) is 7.26. The van der Waals surface area contributed by atoms with Crippen LogP contribution in [-0.2, 0) is 0 Å². The van der Waals surface area contributed by atoms with E-state index in [1.807, 2.05) is 6.07 Å². The number of hydrogen-bond donors (Lipinski definition) is 1. The molecule has 3 rings (SSSR count). The fourth-order valence-corrected chi connectivity index (χ4v) is 2.57. The van der Waals surface area contributed by atoms with Crippen LogP contribution >= 0.6 is 11.6 Å². The highest BCUT2D eigenvalue weighted by molar-refractivity contribution is 6.30. The monoisotopic (exact) mass is 321 g/mol. The molecule has 0 aliphatic heterocycles. The lowest BCUT2D eigenvalue weighted by atomic mass is 10.0. The van der Waals surface area contributed by atoms with Crippen molar-refractivity contribution in [3.8, 4) is 22.9 Å². The second-order valence-electron chi connectivity index (χ2n) is 4.95. The minimum atomic E-state index is -0.294. The van der Waals surface area contributed by atoms with E-state index in [0.717, 1.165) is 5.56 Å². The molecule has 2 aromatic carbocycles. The molecular weight excluding hydrogens is 310 g/mol. The van der Waals surface area contributed by atoms with Gasteiger partial charge in [-0.15, -0.1) is 0 Å². The Hall–Kier alpha value is -3.03. The van der Waals surface area contributed by atoms with Gasteiger partial charge < -0.3 is 5.73 Å². The number of aromatic nitrogens is 1. The van der Waals surface area contributed by atoms with Crippen molar-refractivity contribution in [1.29, 1.82) is 5.26 Å². The van der Waals surface area contributed by atoms with Crippen molar-refractivity contribution in [2.45, 2.75) is 0 Å². The van der Waals surface area contributed by atoms with Crippen LogP contribution in [0, 0.1) is 11.3 Å². The van der Waals surface area contributed by atoms with Crippen molar-refractivity contribution in [2.24, 2.45) is 0 Å². The van der Waals surface area contributed by atoms with Crippen molar-refractivity contribution in [1.82, 2.24) is 4.57 Å². The normalized spacial score (nSPS) is 10.3. The standard InChI is InChI=1S/C18H12ClN3O/c19-13-8-6-12(7-9-13)15-10-17(23)22(18(21)16(15)11-20)14-4-2-1-3-5-14/h1-10H,21H2. The summed E-state index contributed by atoms with van der Waals surface area (Å²) >= 11 is 5.89. The number of pyridine rings is 1. The van der Waals surface area contributed by atoms with E-state index in [4.69, 9.17) is 17.3 Å². The van der Waals surface area contributed by atoms with E-state index in [0.29, 0.717) is 16.3 Å². The van der Waals surface area contributed by atoms with Crippen LogP contribution in [-0.4, -0.2) is 4.57 Å². The van der Waals surface area contributed by atoms with E-state index in [1.165, 1.54) is 10.6 Å².